The van der Waals surface area contributed by atoms with Gasteiger partial charge < -0.3 is 5.32 Å². The zero-order valence-corrected chi connectivity index (χ0v) is 13.9. The maximum Gasteiger partial charge on any atom is 0.295 e. The molecule has 1 aliphatic heterocycles. The molecular weight excluding hydrogens is 351 g/mol. The molecule has 0 radical (unpaired) electrons. The number of halogens is 2. The smallest absolute Gasteiger partial charge is 0.295 e. The first-order valence-corrected chi connectivity index (χ1v) is 8.23. The molecule has 1 aliphatic rings. The fourth-order valence-electron chi connectivity index (χ4n) is 2.15. The normalized spacial score (nSPS) is 16.1. The summed E-state index contributed by atoms with van der Waals surface area (Å²) < 4.78 is 13.2. The molecular formula is C17H12ClFN2O2S. The highest BCUT2D eigenvalue weighted by molar-refractivity contribution is 8.18. The molecule has 0 unspecified atom stereocenters. The Morgan fingerprint density at radius 2 is 1.96 bits per heavy atom. The molecule has 0 atom stereocenters. The number of nitrogens with zero attached hydrogens (tertiary/aromatic N) is 1. The molecule has 4 nitrogen and oxygen atoms in total. The SMILES string of the molecule is O=C1S/C(=C/c2cccc(F)c2)C(=O)N1CNc1ccccc1Cl. The number of anilines is 1. The van der Waals surface area contributed by atoms with E-state index in [2.05, 4.69) is 5.32 Å². The number of thioether (sulfide) groups is 1. The first-order valence-electron chi connectivity index (χ1n) is 7.04. The minimum atomic E-state index is -0.422. The Morgan fingerprint density at radius 3 is 2.71 bits per heavy atom. The van der Waals surface area contributed by atoms with Crippen LogP contribution in [0.2, 0.25) is 5.02 Å². The van der Waals surface area contributed by atoms with Crippen LogP contribution in [0.4, 0.5) is 14.9 Å². The Labute approximate surface area is 147 Å². The van der Waals surface area contributed by atoms with Crippen molar-refractivity contribution >= 4 is 46.3 Å². The second-order valence-electron chi connectivity index (χ2n) is 4.98. The fourth-order valence-corrected chi connectivity index (χ4v) is 3.19. The van der Waals surface area contributed by atoms with E-state index in [-0.39, 0.29) is 16.8 Å². The second kappa shape index (κ2) is 7.07. The molecule has 0 bridgehead atoms. The van der Waals surface area contributed by atoms with E-state index < -0.39 is 11.7 Å². The summed E-state index contributed by atoms with van der Waals surface area (Å²) in [5.74, 6) is -0.822. The Bertz CT molecular complexity index is 841. The number of benzene rings is 2. The highest BCUT2D eigenvalue weighted by atomic mass is 35.5. The fraction of sp³-hybridized carbons (Fsp3) is 0.0588. The van der Waals surface area contributed by atoms with Crippen molar-refractivity contribution in [3.63, 3.8) is 0 Å². The van der Waals surface area contributed by atoms with Crippen LogP contribution in [0.15, 0.2) is 53.4 Å². The lowest BCUT2D eigenvalue weighted by molar-refractivity contribution is -0.122. The summed E-state index contributed by atoms with van der Waals surface area (Å²) in [7, 11) is 0. The van der Waals surface area contributed by atoms with Gasteiger partial charge in [0.05, 0.1) is 22.3 Å². The second-order valence-corrected chi connectivity index (χ2v) is 6.38. The number of hydrogen-bond acceptors (Lipinski definition) is 4. The van der Waals surface area contributed by atoms with Gasteiger partial charge in [0.1, 0.15) is 5.82 Å². The van der Waals surface area contributed by atoms with Crippen molar-refractivity contribution in [1.82, 2.24) is 4.90 Å². The third-order valence-electron chi connectivity index (χ3n) is 3.32. The number of carbonyl (C=O) groups excluding carboxylic acids is 2. The van der Waals surface area contributed by atoms with Crippen LogP contribution in [0.25, 0.3) is 6.08 Å². The predicted molar refractivity (Wildman–Crippen MR) is 94.2 cm³/mol. The summed E-state index contributed by atoms with van der Waals surface area (Å²) in [4.78, 5) is 25.7. The van der Waals surface area contributed by atoms with Crippen LogP contribution in [0.1, 0.15) is 5.56 Å². The molecule has 1 saturated heterocycles. The van der Waals surface area contributed by atoms with Crippen LogP contribution >= 0.6 is 23.4 Å². The molecule has 3 rings (SSSR count). The van der Waals surface area contributed by atoms with E-state index in [1.165, 1.54) is 18.2 Å². The van der Waals surface area contributed by atoms with Gasteiger partial charge in [0, 0.05) is 0 Å². The molecule has 24 heavy (non-hydrogen) atoms. The molecule has 2 amide bonds. The van der Waals surface area contributed by atoms with Gasteiger partial charge in [-0.1, -0.05) is 35.9 Å². The summed E-state index contributed by atoms with van der Waals surface area (Å²) in [5, 5.41) is 3.07. The van der Waals surface area contributed by atoms with E-state index >= 15 is 0 Å². The van der Waals surface area contributed by atoms with E-state index in [1.54, 1.807) is 36.4 Å². The minimum absolute atomic E-state index is 0.00882. The summed E-state index contributed by atoms with van der Waals surface area (Å²) >= 11 is 6.86. The van der Waals surface area contributed by atoms with Gasteiger partial charge in [0.2, 0.25) is 0 Å². The average molecular weight is 363 g/mol. The Morgan fingerprint density at radius 1 is 1.17 bits per heavy atom. The number of rotatable bonds is 4. The number of hydrogen-bond donors (Lipinski definition) is 1. The van der Waals surface area contributed by atoms with Gasteiger partial charge in [-0.05, 0) is 47.7 Å². The van der Waals surface area contributed by atoms with Crippen LogP contribution in [0.3, 0.4) is 0 Å². The van der Waals surface area contributed by atoms with E-state index in [1.807, 2.05) is 0 Å². The molecule has 2 aromatic rings. The van der Waals surface area contributed by atoms with Crippen molar-refractivity contribution < 1.29 is 14.0 Å². The molecule has 122 valence electrons. The van der Waals surface area contributed by atoms with Gasteiger partial charge in [0.25, 0.3) is 11.1 Å². The first kappa shape index (κ1) is 16.5. The zero-order valence-electron chi connectivity index (χ0n) is 12.3. The monoisotopic (exact) mass is 362 g/mol. The standard InChI is InChI=1S/C17H12ClFN2O2S/c18-13-6-1-2-7-14(13)20-10-21-16(22)15(24-17(21)23)9-11-4-3-5-12(19)8-11/h1-9,20H,10H2/b15-9+. The van der Waals surface area contributed by atoms with Gasteiger partial charge in [-0.3, -0.25) is 14.5 Å². The molecule has 2 aromatic carbocycles. The highest BCUT2D eigenvalue weighted by Gasteiger charge is 2.34. The lowest BCUT2D eigenvalue weighted by atomic mass is 10.2. The maximum absolute atomic E-state index is 13.2. The van der Waals surface area contributed by atoms with Gasteiger partial charge in [-0.25, -0.2) is 4.39 Å². The van der Waals surface area contributed by atoms with Gasteiger partial charge in [0.15, 0.2) is 0 Å². The minimum Gasteiger partial charge on any atom is -0.366 e. The van der Waals surface area contributed by atoms with Gasteiger partial charge in [-0.2, -0.15) is 0 Å². The van der Waals surface area contributed by atoms with Gasteiger partial charge >= 0.3 is 0 Å². The van der Waals surface area contributed by atoms with E-state index in [0.29, 0.717) is 16.3 Å². The van der Waals surface area contributed by atoms with Crippen molar-refractivity contribution in [3.05, 3.63) is 69.8 Å². The third kappa shape index (κ3) is 3.60. The Hall–Kier alpha value is -2.31. The van der Waals surface area contributed by atoms with E-state index in [4.69, 9.17) is 11.6 Å². The highest BCUT2D eigenvalue weighted by Crippen LogP contribution is 2.32. The van der Waals surface area contributed by atoms with E-state index in [0.717, 1.165) is 16.7 Å². The van der Waals surface area contributed by atoms with Crippen molar-refractivity contribution in [3.8, 4) is 0 Å². The third-order valence-corrected chi connectivity index (χ3v) is 4.56. The molecule has 1 N–H and O–H groups in total. The quantitative estimate of drug-likeness (QED) is 0.808. The van der Waals surface area contributed by atoms with Crippen LogP contribution in [0.5, 0.6) is 0 Å². The molecule has 0 spiro atoms. The lowest BCUT2D eigenvalue weighted by Gasteiger charge is -2.15. The molecule has 0 aromatic heterocycles. The molecule has 7 heteroatoms. The largest absolute Gasteiger partial charge is 0.366 e. The van der Waals surface area contributed by atoms with Crippen molar-refractivity contribution in [1.29, 1.82) is 0 Å². The van der Waals surface area contributed by atoms with Crippen molar-refractivity contribution in [2.45, 2.75) is 0 Å². The van der Waals surface area contributed by atoms with Crippen LogP contribution < -0.4 is 5.32 Å². The first-order chi connectivity index (χ1) is 11.5. The lowest BCUT2D eigenvalue weighted by Crippen LogP contribution is -2.33. The summed E-state index contributed by atoms with van der Waals surface area (Å²) in [5.41, 5.74) is 1.16. The van der Waals surface area contributed by atoms with Crippen LogP contribution in [-0.2, 0) is 4.79 Å². The maximum atomic E-state index is 13.2. The average Bonchev–Trinajstić information content (AvgIpc) is 2.81. The number of imide groups is 1. The molecule has 0 aliphatic carbocycles. The Kier molecular flexibility index (Phi) is 4.87. The van der Waals surface area contributed by atoms with Gasteiger partial charge in [-0.15, -0.1) is 0 Å². The Balaban J connectivity index is 1.73. The number of amides is 2. The summed E-state index contributed by atoms with van der Waals surface area (Å²) in [6.45, 7) is 0.00882. The molecule has 0 saturated carbocycles. The van der Waals surface area contributed by atoms with E-state index in [9.17, 15) is 14.0 Å². The number of carbonyl (C=O) groups is 2. The topological polar surface area (TPSA) is 49.4 Å². The van der Waals surface area contributed by atoms with Crippen LogP contribution in [-0.4, -0.2) is 22.7 Å². The van der Waals surface area contributed by atoms with Crippen molar-refractivity contribution in [2.24, 2.45) is 0 Å². The van der Waals surface area contributed by atoms with Crippen molar-refractivity contribution in [2.75, 3.05) is 12.0 Å². The number of para-hydroxylation sites is 1. The zero-order chi connectivity index (χ0) is 17.1. The predicted octanol–water partition coefficient (Wildman–Crippen LogP) is 4.59. The summed E-state index contributed by atoms with van der Waals surface area (Å²) in [6.07, 6.45) is 1.50. The number of nitrogens with one attached hydrogen (secondary N) is 1. The van der Waals surface area contributed by atoms with Crippen LogP contribution in [0, 0.1) is 5.82 Å². The summed E-state index contributed by atoms with van der Waals surface area (Å²) in [6, 6.07) is 12.9. The molecule has 1 heterocycles. The molecule has 1 fully saturated rings.